The molecular weight excluding hydrogens is 500 g/mol. The monoisotopic (exact) mass is 532 g/mol. The number of rotatable bonds is 7. The quantitative estimate of drug-likeness (QED) is 0.287. The van der Waals surface area contributed by atoms with E-state index in [4.69, 9.17) is 15.0 Å². The van der Waals surface area contributed by atoms with Crippen LogP contribution in [-0.2, 0) is 0 Å². The molecule has 1 aromatic heterocycles. The first-order valence-corrected chi connectivity index (χ1v) is 13.3. The topological polar surface area (TPSA) is 150 Å². The highest BCUT2D eigenvalue weighted by Crippen LogP contribution is 2.31. The summed E-state index contributed by atoms with van der Waals surface area (Å²) in [6.45, 7) is 5.60. The molecule has 2 aliphatic rings. The van der Waals surface area contributed by atoms with Gasteiger partial charge in [-0.05, 0) is 75.3 Å². The maximum atomic E-state index is 12.7. The van der Waals surface area contributed by atoms with Crippen LogP contribution >= 0.6 is 0 Å². The molecule has 1 amide bonds. The molecule has 3 heterocycles. The van der Waals surface area contributed by atoms with Crippen LogP contribution in [0, 0.1) is 17.0 Å². The summed E-state index contributed by atoms with van der Waals surface area (Å²) in [5.74, 6) is 0.523. The fourth-order valence-corrected chi connectivity index (χ4v) is 4.94. The van der Waals surface area contributed by atoms with Crippen LogP contribution in [0.5, 0.6) is 5.75 Å². The van der Waals surface area contributed by atoms with Crippen LogP contribution in [0.3, 0.4) is 0 Å². The van der Waals surface area contributed by atoms with Gasteiger partial charge in [0, 0.05) is 43.6 Å². The molecule has 12 heteroatoms. The zero-order valence-corrected chi connectivity index (χ0v) is 21.9. The lowest BCUT2D eigenvalue weighted by molar-refractivity contribution is -0.385. The number of carbonyl (C=O) groups excluding carboxylic acids is 1. The standard InChI is InChI=1S/C27H32N8O4/c1-18-17-19(28-24(37)20-9-8-10-22(23(20)36)35(38)39)11-12-21(18)29-25-30-26(33-13-4-2-5-14-33)32-27(31-25)34-15-6-3-7-16-34/h8-12,17,36H,2-7,13-16H2,1H3,(H,28,37)(H,29,30,31,32). The molecule has 0 radical (unpaired) electrons. The molecule has 39 heavy (non-hydrogen) atoms. The number of benzene rings is 2. The van der Waals surface area contributed by atoms with Gasteiger partial charge in [-0.1, -0.05) is 6.07 Å². The molecule has 2 aromatic carbocycles. The van der Waals surface area contributed by atoms with Gasteiger partial charge in [-0.2, -0.15) is 15.0 Å². The summed E-state index contributed by atoms with van der Waals surface area (Å²) in [6.07, 6.45) is 6.91. The first-order valence-electron chi connectivity index (χ1n) is 13.3. The van der Waals surface area contributed by atoms with E-state index >= 15 is 0 Å². The Balaban J connectivity index is 1.36. The van der Waals surface area contributed by atoms with Crippen LogP contribution in [0.15, 0.2) is 36.4 Å². The SMILES string of the molecule is Cc1cc(NC(=O)c2cccc([N+](=O)[O-])c2O)ccc1Nc1nc(N2CCCCC2)nc(N2CCCCC2)n1. The van der Waals surface area contributed by atoms with Crippen LogP contribution < -0.4 is 20.4 Å². The Labute approximate surface area is 226 Å². The normalized spacial score (nSPS) is 15.6. The van der Waals surface area contributed by atoms with E-state index in [-0.39, 0.29) is 5.56 Å². The zero-order chi connectivity index (χ0) is 27.4. The molecule has 0 bridgehead atoms. The number of nitrogens with zero attached hydrogens (tertiary/aromatic N) is 6. The summed E-state index contributed by atoms with van der Waals surface area (Å²) in [7, 11) is 0. The van der Waals surface area contributed by atoms with Gasteiger partial charge in [0.05, 0.1) is 10.5 Å². The molecule has 0 unspecified atom stereocenters. The van der Waals surface area contributed by atoms with E-state index < -0.39 is 22.3 Å². The number of phenols is 1. The van der Waals surface area contributed by atoms with Crippen molar-refractivity contribution in [2.24, 2.45) is 0 Å². The summed E-state index contributed by atoms with van der Waals surface area (Å²) in [6, 6.07) is 9.12. The summed E-state index contributed by atoms with van der Waals surface area (Å²) in [5, 5.41) is 27.3. The van der Waals surface area contributed by atoms with Crippen molar-refractivity contribution in [3.8, 4) is 5.75 Å². The third-order valence-corrected chi connectivity index (χ3v) is 7.08. The van der Waals surface area contributed by atoms with Crippen LogP contribution in [0.25, 0.3) is 0 Å². The first kappa shape index (κ1) is 26.1. The number of phenolic OH excluding ortho intramolecular Hbond substituents is 1. The maximum Gasteiger partial charge on any atom is 0.311 e. The molecule has 2 aliphatic heterocycles. The Morgan fingerprint density at radius 1 is 0.923 bits per heavy atom. The number of aryl methyl sites for hydroxylation is 1. The van der Waals surface area contributed by atoms with E-state index in [1.165, 1.54) is 25.0 Å². The average molecular weight is 533 g/mol. The van der Waals surface area contributed by atoms with Crippen molar-refractivity contribution in [3.63, 3.8) is 0 Å². The fourth-order valence-electron chi connectivity index (χ4n) is 4.94. The molecule has 5 rings (SSSR count). The lowest BCUT2D eigenvalue weighted by atomic mass is 10.1. The summed E-state index contributed by atoms with van der Waals surface area (Å²) in [5.41, 5.74) is 1.38. The number of aromatic hydroxyl groups is 1. The minimum absolute atomic E-state index is 0.176. The molecule has 204 valence electrons. The van der Waals surface area contributed by atoms with Gasteiger partial charge in [-0.15, -0.1) is 0 Å². The number of aromatic nitrogens is 3. The van der Waals surface area contributed by atoms with Crippen molar-refractivity contribution in [2.45, 2.75) is 45.4 Å². The fraction of sp³-hybridized carbons (Fsp3) is 0.407. The third kappa shape index (κ3) is 6.00. The second-order valence-electron chi connectivity index (χ2n) is 9.89. The lowest BCUT2D eigenvalue weighted by Crippen LogP contribution is -2.34. The van der Waals surface area contributed by atoms with E-state index in [0.717, 1.165) is 69.2 Å². The van der Waals surface area contributed by atoms with E-state index in [1.54, 1.807) is 12.1 Å². The number of amides is 1. The van der Waals surface area contributed by atoms with Crippen LogP contribution in [0.4, 0.5) is 34.9 Å². The highest BCUT2D eigenvalue weighted by Gasteiger charge is 2.22. The van der Waals surface area contributed by atoms with E-state index in [9.17, 15) is 20.0 Å². The molecule has 0 saturated carbocycles. The Hall–Kier alpha value is -4.48. The Bertz CT molecular complexity index is 1330. The van der Waals surface area contributed by atoms with Gasteiger partial charge in [0.15, 0.2) is 0 Å². The van der Waals surface area contributed by atoms with Crippen LogP contribution in [0.2, 0.25) is 0 Å². The lowest BCUT2D eigenvalue weighted by Gasteiger charge is -2.30. The molecule has 2 fully saturated rings. The smallest absolute Gasteiger partial charge is 0.311 e. The average Bonchev–Trinajstić information content (AvgIpc) is 2.95. The minimum Gasteiger partial charge on any atom is -0.502 e. The predicted molar refractivity (Wildman–Crippen MR) is 149 cm³/mol. The van der Waals surface area contributed by atoms with Crippen molar-refractivity contribution < 1.29 is 14.8 Å². The summed E-state index contributed by atoms with van der Waals surface area (Å²) < 4.78 is 0. The highest BCUT2D eigenvalue weighted by molar-refractivity contribution is 6.07. The predicted octanol–water partition coefficient (Wildman–Crippen LogP) is 4.77. The van der Waals surface area contributed by atoms with Crippen molar-refractivity contribution in [3.05, 3.63) is 57.6 Å². The third-order valence-electron chi connectivity index (χ3n) is 7.08. The number of nitro groups is 1. The van der Waals surface area contributed by atoms with E-state index in [1.807, 2.05) is 13.0 Å². The second kappa shape index (κ2) is 11.5. The highest BCUT2D eigenvalue weighted by atomic mass is 16.6. The maximum absolute atomic E-state index is 12.7. The van der Waals surface area contributed by atoms with Gasteiger partial charge in [0.2, 0.25) is 23.6 Å². The Morgan fingerprint density at radius 2 is 1.54 bits per heavy atom. The second-order valence-corrected chi connectivity index (χ2v) is 9.89. The largest absolute Gasteiger partial charge is 0.502 e. The molecule has 3 aromatic rings. The number of para-hydroxylation sites is 1. The van der Waals surface area contributed by atoms with Crippen LogP contribution in [-0.4, -0.2) is 57.1 Å². The molecule has 0 atom stereocenters. The Kier molecular flexibility index (Phi) is 7.71. The number of nitrogens with one attached hydrogen (secondary N) is 2. The van der Waals surface area contributed by atoms with Crippen molar-refractivity contribution in [1.29, 1.82) is 0 Å². The molecule has 3 N–H and O–H groups in total. The molecule has 0 spiro atoms. The number of nitro benzene ring substituents is 1. The number of hydrogen-bond acceptors (Lipinski definition) is 10. The number of piperidine rings is 2. The number of carbonyl (C=O) groups is 1. The molecule has 0 aliphatic carbocycles. The zero-order valence-electron chi connectivity index (χ0n) is 21.9. The molecule has 12 nitrogen and oxygen atoms in total. The van der Waals surface area contributed by atoms with Gasteiger partial charge in [0.1, 0.15) is 0 Å². The molecular formula is C27H32N8O4. The number of anilines is 5. The van der Waals surface area contributed by atoms with E-state index in [2.05, 4.69) is 20.4 Å². The number of hydrogen-bond donors (Lipinski definition) is 3. The summed E-state index contributed by atoms with van der Waals surface area (Å²) in [4.78, 5) is 41.8. The first-order chi connectivity index (χ1) is 18.9. The van der Waals surface area contributed by atoms with Gasteiger partial charge in [-0.3, -0.25) is 14.9 Å². The molecule has 2 saturated heterocycles. The van der Waals surface area contributed by atoms with Gasteiger partial charge in [0.25, 0.3) is 5.91 Å². The summed E-state index contributed by atoms with van der Waals surface area (Å²) >= 11 is 0. The van der Waals surface area contributed by atoms with Crippen molar-refractivity contribution in [1.82, 2.24) is 15.0 Å². The van der Waals surface area contributed by atoms with E-state index in [0.29, 0.717) is 23.5 Å². The Morgan fingerprint density at radius 3 is 2.10 bits per heavy atom. The van der Waals surface area contributed by atoms with Crippen molar-refractivity contribution in [2.75, 3.05) is 46.6 Å². The van der Waals surface area contributed by atoms with Gasteiger partial charge in [-0.25, -0.2) is 0 Å². The van der Waals surface area contributed by atoms with Gasteiger partial charge < -0.3 is 25.5 Å². The van der Waals surface area contributed by atoms with Crippen molar-refractivity contribution >= 4 is 40.8 Å². The van der Waals surface area contributed by atoms with Gasteiger partial charge >= 0.3 is 5.69 Å². The van der Waals surface area contributed by atoms with Crippen LogP contribution in [0.1, 0.15) is 54.4 Å². The minimum atomic E-state index is -0.731.